The van der Waals surface area contributed by atoms with Crippen molar-refractivity contribution in [2.75, 3.05) is 17.7 Å². The highest BCUT2D eigenvalue weighted by Crippen LogP contribution is 2.32. The van der Waals surface area contributed by atoms with Crippen LogP contribution in [0.1, 0.15) is 17.4 Å². The van der Waals surface area contributed by atoms with Crippen LogP contribution < -0.4 is 10.6 Å². The molecule has 6 heteroatoms. The maximum absolute atomic E-state index is 5.97. The molecule has 2 rings (SSSR count). The number of thiocarbonyl (C=S) groups is 1. The summed E-state index contributed by atoms with van der Waals surface area (Å²) < 4.78 is 1.13. The lowest BCUT2D eigenvalue weighted by molar-refractivity contribution is 0.935. The molecule has 0 aliphatic rings. The monoisotopic (exact) mass is 400 g/mol. The number of nitrogens with zero attached hydrogens (tertiary/aromatic N) is 1. The van der Waals surface area contributed by atoms with E-state index in [0.717, 1.165) is 32.9 Å². The largest absolute Gasteiger partial charge is 0.389 e. The minimum Gasteiger partial charge on any atom is -0.389 e. The van der Waals surface area contributed by atoms with E-state index in [9.17, 15) is 0 Å². The van der Waals surface area contributed by atoms with Crippen molar-refractivity contribution in [3.63, 3.8) is 0 Å². The third kappa shape index (κ3) is 4.22. The first-order valence-corrected chi connectivity index (χ1v) is 9.59. The van der Waals surface area contributed by atoms with Crippen LogP contribution in [0.25, 0.3) is 0 Å². The molecule has 0 fully saturated rings. The number of benzene rings is 1. The highest BCUT2D eigenvalue weighted by Gasteiger charge is 2.15. The third-order valence-corrected chi connectivity index (χ3v) is 5.80. The molecule has 1 aromatic heterocycles. The fourth-order valence-corrected chi connectivity index (χ4v) is 4.74. The van der Waals surface area contributed by atoms with E-state index in [1.54, 1.807) is 23.1 Å². The van der Waals surface area contributed by atoms with Gasteiger partial charge in [-0.2, -0.15) is 0 Å². The molecule has 0 bridgehead atoms. The first-order chi connectivity index (χ1) is 10.0. The number of thioether (sulfide) groups is 1. The molecule has 0 radical (unpaired) electrons. The molecule has 0 atom stereocenters. The van der Waals surface area contributed by atoms with E-state index >= 15 is 0 Å². The summed E-state index contributed by atoms with van der Waals surface area (Å²) in [6, 6.07) is 8.38. The van der Waals surface area contributed by atoms with Gasteiger partial charge < -0.3 is 10.6 Å². The van der Waals surface area contributed by atoms with Crippen molar-refractivity contribution in [1.82, 2.24) is 0 Å². The number of hydrogen-bond donors (Lipinski definition) is 1. The number of rotatable bonds is 6. The molecule has 2 nitrogen and oxygen atoms in total. The Morgan fingerprint density at radius 3 is 2.81 bits per heavy atom. The molecule has 0 spiro atoms. The summed E-state index contributed by atoms with van der Waals surface area (Å²) in [4.78, 5) is 5.11. The molecule has 21 heavy (non-hydrogen) atoms. The summed E-state index contributed by atoms with van der Waals surface area (Å²) in [6.07, 6.45) is 0. The first-order valence-electron chi connectivity index (χ1n) is 6.52. The van der Waals surface area contributed by atoms with Gasteiger partial charge in [0.15, 0.2) is 0 Å². The van der Waals surface area contributed by atoms with Gasteiger partial charge in [0.1, 0.15) is 4.99 Å². The Morgan fingerprint density at radius 2 is 2.24 bits per heavy atom. The molecule has 0 aliphatic carbocycles. The first kappa shape index (κ1) is 16.8. The molecular weight excluding hydrogens is 384 g/mol. The molecule has 2 N–H and O–H groups in total. The lowest BCUT2D eigenvalue weighted by Crippen LogP contribution is -2.21. The summed E-state index contributed by atoms with van der Waals surface area (Å²) in [5.74, 6) is 1.00. The molecule has 1 aromatic carbocycles. The molecular formula is C15H17BrN2S3. The van der Waals surface area contributed by atoms with Crippen LogP contribution in [0.4, 0.5) is 5.69 Å². The Balaban J connectivity index is 2.33. The average molecular weight is 401 g/mol. The topological polar surface area (TPSA) is 29.3 Å². The molecule has 0 aliphatic heterocycles. The van der Waals surface area contributed by atoms with E-state index in [1.807, 2.05) is 0 Å². The normalized spacial score (nSPS) is 10.6. The van der Waals surface area contributed by atoms with Gasteiger partial charge in [-0.05, 0) is 39.9 Å². The quantitative estimate of drug-likeness (QED) is 0.551. The Labute approximate surface area is 147 Å². The number of nitrogens with two attached hydrogens (primary N) is 1. The SMILES string of the molecule is CCSc1cccc(N(C)Cc2cc(Br)cs2)c1C(N)=S. The predicted octanol–water partition coefficient (Wildman–Crippen LogP) is 4.89. The number of anilines is 1. The molecule has 0 saturated heterocycles. The standard InChI is InChI=1S/C15H17BrN2S3/c1-3-20-13-6-4-5-12(14(13)15(17)19)18(2)8-11-7-10(16)9-21-11/h4-7,9H,3,8H2,1-2H3,(H2,17,19). The van der Waals surface area contributed by atoms with Crippen LogP contribution >= 0.6 is 51.2 Å². The molecule has 0 saturated carbocycles. The van der Waals surface area contributed by atoms with Gasteiger partial charge >= 0.3 is 0 Å². The zero-order chi connectivity index (χ0) is 15.4. The van der Waals surface area contributed by atoms with Crippen molar-refractivity contribution in [3.05, 3.63) is 44.6 Å². The van der Waals surface area contributed by atoms with Crippen LogP contribution in [0.2, 0.25) is 0 Å². The van der Waals surface area contributed by atoms with Crippen molar-refractivity contribution in [2.45, 2.75) is 18.4 Å². The zero-order valence-corrected chi connectivity index (χ0v) is 16.0. The Morgan fingerprint density at radius 1 is 1.48 bits per heavy atom. The highest BCUT2D eigenvalue weighted by atomic mass is 79.9. The van der Waals surface area contributed by atoms with E-state index < -0.39 is 0 Å². The second kappa shape index (κ2) is 7.63. The summed E-state index contributed by atoms with van der Waals surface area (Å²) in [5.41, 5.74) is 8.04. The second-order valence-electron chi connectivity index (χ2n) is 4.53. The lowest BCUT2D eigenvalue weighted by Gasteiger charge is -2.23. The van der Waals surface area contributed by atoms with Crippen molar-refractivity contribution in [3.8, 4) is 0 Å². The summed E-state index contributed by atoms with van der Waals surface area (Å²) >= 11 is 12.3. The Kier molecular flexibility index (Phi) is 6.10. The van der Waals surface area contributed by atoms with Crippen molar-refractivity contribution in [2.24, 2.45) is 5.73 Å². The van der Waals surface area contributed by atoms with Crippen LogP contribution in [0.15, 0.2) is 39.0 Å². The smallest absolute Gasteiger partial charge is 0.107 e. The lowest BCUT2D eigenvalue weighted by atomic mass is 10.1. The van der Waals surface area contributed by atoms with Crippen LogP contribution in [0.3, 0.4) is 0 Å². The van der Waals surface area contributed by atoms with Crippen LogP contribution in [0.5, 0.6) is 0 Å². The van der Waals surface area contributed by atoms with Gasteiger partial charge in [0.2, 0.25) is 0 Å². The second-order valence-corrected chi connectivity index (χ2v) is 8.19. The number of hydrogen-bond acceptors (Lipinski definition) is 4. The summed E-state index contributed by atoms with van der Waals surface area (Å²) in [7, 11) is 2.07. The Bertz CT molecular complexity index is 640. The summed E-state index contributed by atoms with van der Waals surface area (Å²) in [5, 5.41) is 2.10. The predicted molar refractivity (Wildman–Crippen MR) is 103 cm³/mol. The molecule has 0 amide bonds. The van der Waals surface area contributed by atoms with E-state index in [1.165, 1.54) is 4.88 Å². The van der Waals surface area contributed by atoms with E-state index in [2.05, 4.69) is 64.4 Å². The van der Waals surface area contributed by atoms with Gasteiger partial charge in [0.05, 0.1) is 6.54 Å². The maximum atomic E-state index is 5.97. The van der Waals surface area contributed by atoms with E-state index in [-0.39, 0.29) is 0 Å². The number of halogens is 1. The molecule has 2 aromatic rings. The zero-order valence-electron chi connectivity index (χ0n) is 11.9. The average Bonchev–Trinajstić information content (AvgIpc) is 2.84. The number of thiophene rings is 1. The van der Waals surface area contributed by atoms with Gasteiger partial charge in [-0.3, -0.25) is 0 Å². The summed E-state index contributed by atoms with van der Waals surface area (Å²) in [6.45, 7) is 2.97. The minimum atomic E-state index is 0.459. The minimum absolute atomic E-state index is 0.459. The molecule has 1 heterocycles. The molecule has 0 unspecified atom stereocenters. The van der Waals surface area contributed by atoms with Gasteiger partial charge in [-0.15, -0.1) is 23.1 Å². The fourth-order valence-electron chi connectivity index (χ4n) is 2.12. The van der Waals surface area contributed by atoms with E-state index in [4.69, 9.17) is 18.0 Å². The van der Waals surface area contributed by atoms with E-state index in [0.29, 0.717) is 4.99 Å². The van der Waals surface area contributed by atoms with Crippen molar-refractivity contribution in [1.29, 1.82) is 0 Å². The Hall–Kier alpha value is -0.560. The molecule has 112 valence electrons. The van der Waals surface area contributed by atoms with Crippen molar-refractivity contribution >= 4 is 61.9 Å². The van der Waals surface area contributed by atoms with Crippen molar-refractivity contribution < 1.29 is 0 Å². The van der Waals surface area contributed by atoms with Crippen LogP contribution in [-0.2, 0) is 6.54 Å². The highest BCUT2D eigenvalue weighted by molar-refractivity contribution is 9.10. The maximum Gasteiger partial charge on any atom is 0.107 e. The van der Waals surface area contributed by atoms with Crippen LogP contribution in [-0.4, -0.2) is 17.8 Å². The van der Waals surface area contributed by atoms with Gasteiger partial charge in [0.25, 0.3) is 0 Å². The van der Waals surface area contributed by atoms with Gasteiger partial charge in [-0.1, -0.05) is 25.2 Å². The van der Waals surface area contributed by atoms with Gasteiger partial charge in [0, 0.05) is 37.9 Å². The third-order valence-electron chi connectivity index (χ3n) is 2.98. The van der Waals surface area contributed by atoms with Gasteiger partial charge in [-0.25, -0.2) is 0 Å². The fraction of sp³-hybridized carbons (Fsp3) is 0.267. The van der Waals surface area contributed by atoms with Crippen LogP contribution in [0, 0.1) is 0 Å².